The number of hydrogen-bond donors (Lipinski definition) is 1. The third-order valence-electron chi connectivity index (χ3n) is 3.24. The molecule has 0 aliphatic rings. The summed E-state index contributed by atoms with van der Waals surface area (Å²) in [6, 6.07) is 11.3. The van der Waals surface area contributed by atoms with Crippen LogP contribution in [0.4, 0.5) is 10.1 Å². The van der Waals surface area contributed by atoms with Gasteiger partial charge in [0, 0.05) is 19.3 Å². The third-order valence-corrected chi connectivity index (χ3v) is 5.60. The van der Waals surface area contributed by atoms with Gasteiger partial charge in [0.2, 0.25) is 0 Å². The molecule has 8 heteroatoms. The van der Waals surface area contributed by atoms with Gasteiger partial charge >= 0.3 is 5.97 Å². The number of rotatable bonds is 4. The minimum atomic E-state index is -0.718. The highest BCUT2D eigenvalue weighted by molar-refractivity contribution is 14.1. The van der Waals surface area contributed by atoms with Crippen molar-refractivity contribution in [3.05, 3.63) is 61.8 Å². The molecular formula is C17H10ClFINO3S. The highest BCUT2D eigenvalue weighted by Gasteiger charge is 2.19. The Morgan fingerprint density at radius 3 is 2.64 bits per heavy atom. The van der Waals surface area contributed by atoms with Gasteiger partial charge in [0.15, 0.2) is 6.61 Å². The van der Waals surface area contributed by atoms with Crippen molar-refractivity contribution >= 4 is 73.2 Å². The van der Waals surface area contributed by atoms with Crippen LogP contribution in [-0.4, -0.2) is 18.5 Å². The van der Waals surface area contributed by atoms with Gasteiger partial charge in [0.1, 0.15) is 10.7 Å². The fourth-order valence-electron chi connectivity index (χ4n) is 2.10. The van der Waals surface area contributed by atoms with E-state index >= 15 is 0 Å². The molecule has 0 spiro atoms. The second kappa shape index (κ2) is 7.67. The Kier molecular flexibility index (Phi) is 5.55. The fraction of sp³-hybridized carbons (Fsp3) is 0.0588. The molecule has 1 heterocycles. The maximum Gasteiger partial charge on any atom is 0.350 e. The number of halogens is 3. The Morgan fingerprint density at radius 1 is 1.20 bits per heavy atom. The van der Waals surface area contributed by atoms with Crippen molar-refractivity contribution in [1.29, 1.82) is 0 Å². The number of anilines is 1. The van der Waals surface area contributed by atoms with E-state index in [4.69, 9.17) is 16.3 Å². The number of nitrogens with one attached hydrogen (secondary N) is 1. The molecule has 128 valence electrons. The topological polar surface area (TPSA) is 55.4 Å². The summed E-state index contributed by atoms with van der Waals surface area (Å²) < 4.78 is 19.8. The molecule has 0 fully saturated rings. The molecule has 0 unspecified atom stereocenters. The van der Waals surface area contributed by atoms with Gasteiger partial charge in [-0.3, -0.25) is 4.79 Å². The number of thiophene rings is 1. The second-order valence-corrected chi connectivity index (χ2v) is 7.69. The van der Waals surface area contributed by atoms with E-state index in [9.17, 15) is 14.0 Å². The third kappa shape index (κ3) is 4.28. The Morgan fingerprint density at radius 2 is 1.92 bits per heavy atom. The maximum absolute atomic E-state index is 13.3. The average Bonchev–Trinajstić information content (AvgIpc) is 2.91. The lowest BCUT2D eigenvalue weighted by molar-refractivity contribution is -0.119. The van der Waals surface area contributed by atoms with Crippen molar-refractivity contribution in [3.8, 4) is 0 Å². The van der Waals surface area contributed by atoms with Crippen LogP contribution < -0.4 is 5.32 Å². The fourth-order valence-corrected chi connectivity index (χ4v) is 3.88. The molecule has 0 atom stereocenters. The normalized spacial score (nSPS) is 10.7. The number of carbonyl (C=O) groups excluding carboxylic acids is 2. The van der Waals surface area contributed by atoms with Gasteiger partial charge in [0.05, 0.1) is 5.02 Å². The van der Waals surface area contributed by atoms with Crippen molar-refractivity contribution in [2.45, 2.75) is 0 Å². The molecule has 1 amide bonds. The molecular weight excluding hydrogens is 480 g/mol. The van der Waals surface area contributed by atoms with Gasteiger partial charge in [0.25, 0.3) is 5.91 Å². The predicted octanol–water partition coefficient (Wildman–Crippen LogP) is 5.09. The van der Waals surface area contributed by atoms with E-state index in [1.54, 1.807) is 12.1 Å². The van der Waals surface area contributed by atoms with E-state index in [1.165, 1.54) is 18.2 Å². The van der Waals surface area contributed by atoms with Crippen LogP contribution in [0.5, 0.6) is 0 Å². The van der Waals surface area contributed by atoms with Crippen molar-refractivity contribution in [3.63, 3.8) is 0 Å². The first-order valence-electron chi connectivity index (χ1n) is 7.04. The first kappa shape index (κ1) is 18.1. The minimum Gasteiger partial charge on any atom is -0.451 e. The summed E-state index contributed by atoms with van der Waals surface area (Å²) in [6.45, 7) is -0.441. The quantitative estimate of drug-likeness (QED) is 0.410. The number of fused-ring (bicyclic) bond motifs is 1. The second-order valence-electron chi connectivity index (χ2n) is 5.02. The Bertz CT molecular complexity index is 958. The summed E-state index contributed by atoms with van der Waals surface area (Å²) >= 11 is 9.33. The Balaban J connectivity index is 1.65. The van der Waals surface area contributed by atoms with Gasteiger partial charge in [-0.1, -0.05) is 11.6 Å². The molecule has 2 aromatic carbocycles. The molecule has 1 N–H and O–H groups in total. The lowest BCUT2D eigenvalue weighted by atomic mass is 10.2. The predicted molar refractivity (Wildman–Crippen MR) is 105 cm³/mol. The molecule has 4 nitrogen and oxygen atoms in total. The first-order chi connectivity index (χ1) is 11.9. The molecule has 25 heavy (non-hydrogen) atoms. The molecule has 0 aliphatic heterocycles. The average molecular weight is 490 g/mol. The van der Waals surface area contributed by atoms with E-state index in [0.717, 1.165) is 14.9 Å². The molecule has 3 aromatic rings. The van der Waals surface area contributed by atoms with Crippen LogP contribution in [0.25, 0.3) is 10.1 Å². The number of hydrogen-bond acceptors (Lipinski definition) is 4. The zero-order chi connectivity index (χ0) is 18.0. The maximum atomic E-state index is 13.3. The number of ether oxygens (including phenoxy) is 1. The van der Waals surface area contributed by atoms with Crippen LogP contribution in [0.2, 0.25) is 5.02 Å². The van der Waals surface area contributed by atoms with Crippen LogP contribution in [0.3, 0.4) is 0 Å². The smallest absolute Gasteiger partial charge is 0.350 e. The van der Waals surface area contributed by atoms with Crippen LogP contribution in [0.1, 0.15) is 9.67 Å². The molecule has 1 aromatic heterocycles. The Labute approximate surface area is 165 Å². The summed E-state index contributed by atoms with van der Waals surface area (Å²) in [7, 11) is 0. The van der Waals surface area contributed by atoms with Gasteiger partial charge < -0.3 is 10.1 Å². The van der Waals surface area contributed by atoms with Crippen LogP contribution >= 0.6 is 45.5 Å². The largest absolute Gasteiger partial charge is 0.451 e. The van der Waals surface area contributed by atoms with E-state index < -0.39 is 24.3 Å². The SMILES string of the molecule is O=C(COC(=O)c1sc2cc(F)ccc2c1Cl)Nc1ccc(I)cc1. The summed E-state index contributed by atoms with van der Waals surface area (Å²) in [6.07, 6.45) is 0. The number of amides is 1. The van der Waals surface area contributed by atoms with Crippen molar-refractivity contribution in [1.82, 2.24) is 0 Å². The lowest BCUT2D eigenvalue weighted by Crippen LogP contribution is -2.20. The van der Waals surface area contributed by atoms with Crippen LogP contribution in [0, 0.1) is 9.39 Å². The van der Waals surface area contributed by atoms with Crippen molar-refractivity contribution < 1.29 is 18.7 Å². The number of esters is 1. The van der Waals surface area contributed by atoms with E-state index in [0.29, 0.717) is 15.8 Å². The van der Waals surface area contributed by atoms with Crippen molar-refractivity contribution in [2.24, 2.45) is 0 Å². The zero-order valence-corrected chi connectivity index (χ0v) is 16.2. The monoisotopic (exact) mass is 489 g/mol. The van der Waals surface area contributed by atoms with Gasteiger partial charge in [-0.05, 0) is 65.1 Å². The van der Waals surface area contributed by atoms with Crippen LogP contribution in [0.15, 0.2) is 42.5 Å². The molecule has 3 rings (SSSR count). The molecule has 0 saturated carbocycles. The van der Waals surface area contributed by atoms with Crippen molar-refractivity contribution in [2.75, 3.05) is 11.9 Å². The molecule has 0 saturated heterocycles. The lowest BCUT2D eigenvalue weighted by Gasteiger charge is -2.06. The van der Waals surface area contributed by atoms with Gasteiger partial charge in [-0.25, -0.2) is 9.18 Å². The zero-order valence-electron chi connectivity index (χ0n) is 12.5. The standard InChI is InChI=1S/C17H10ClFINO3S/c18-15-12-6-1-9(19)7-13(12)25-16(15)17(23)24-8-14(22)21-11-4-2-10(20)3-5-11/h1-7H,8H2,(H,21,22). The molecule has 0 bridgehead atoms. The summed E-state index contributed by atoms with van der Waals surface area (Å²) in [5.74, 6) is -1.59. The van der Waals surface area contributed by atoms with E-state index in [2.05, 4.69) is 27.9 Å². The van der Waals surface area contributed by atoms with Gasteiger partial charge in [-0.15, -0.1) is 11.3 Å². The Hall–Kier alpha value is -1.71. The van der Waals surface area contributed by atoms with Gasteiger partial charge in [-0.2, -0.15) is 0 Å². The summed E-state index contributed by atoms with van der Waals surface area (Å²) in [5, 5.41) is 3.40. The summed E-state index contributed by atoms with van der Waals surface area (Å²) in [5.41, 5.74) is 0.608. The number of benzene rings is 2. The highest BCUT2D eigenvalue weighted by atomic mass is 127. The summed E-state index contributed by atoms with van der Waals surface area (Å²) in [4.78, 5) is 24.2. The molecule has 0 radical (unpaired) electrons. The highest BCUT2D eigenvalue weighted by Crippen LogP contribution is 2.36. The minimum absolute atomic E-state index is 0.143. The van der Waals surface area contributed by atoms with E-state index in [-0.39, 0.29) is 9.90 Å². The van der Waals surface area contributed by atoms with Crippen LogP contribution in [-0.2, 0) is 9.53 Å². The van der Waals surface area contributed by atoms with E-state index in [1.807, 2.05) is 12.1 Å². The molecule has 0 aliphatic carbocycles. The first-order valence-corrected chi connectivity index (χ1v) is 9.31. The number of carbonyl (C=O) groups is 2.